The molecular formula is C17H20N4O3S2. The summed E-state index contributed by atoms with van der Waals surface area (Å²) in [6, 6.07) is 7.16. The van der Waals surface area contributed by atoms with Crippen LogP contribution in [0.4, 0.5) is 5.13 Å². The molecule has 2 aromatic rings. The zero-order valence-electron chi connectivity index (χ0n) is 14.3. The fraction of sp³-hybridized carbons (Fsp3) is 0.471. The maximum atomic E-state index is 12.6. The second-order valence-corrected chi connectivity index (χ2v) is 9.91. The Morgan fingerprint density at radius 3 is 2.69 bits per heavy atom. The molecule has 138 valence electrons. The monoisotopic (exact) mass is 392 g/mol. The van der Waals surface area contributed by atoms with Crippen molar-refractivity contribution in [3.63, 3.8) is 0 Å². The lowest BCUT2D eigenvalue weighted by Crippen LogP contribution is -2.38. The summed E-state index contributed by atoms with van der Waals surface area (Å²) >= 11 is 0.867. The molecule has 0 saturated heterocycles. The van der Waals surface area contributed by atoms with Gasteiger partial charge in [0.15, 0.2) is 0 Å². The SMILES string of the molecule is Cc1ccccc1C(=O)Nc1nnc(S(=O)(=O)NC2CC3CCC2C3)s1. The number of aromatic nitrogens is 2. The van der Waals surface area contributed by atoms with Crippen LogP contribution in [-0.4, -0.2) is 30.6 Å². The molecule has 0 aliphatic heterocycles. The van der Waals surface area contributed by atoms with Crippen LogP contribution in [0.2, 0.25) is 0 Å². The van der Waals surface area contributed by atoms with Gasteiger partial charge in [-0.3, -0.25) is 10.1 Å². The summed E-state index contributed by atoms with van der Waals surface area (Å²) in [6.45, 7) is 1.84. The van der Waals surface area contributed by atoms with Gasteiger partial charge in [0.05, 0.1) is 0 Å². The molecule has 1 aromatic carbocycles. The number of carbonyl (C=O) groups is 1. The maximum Gasteiger partial charge on any atom is 0.270 e. The summed E-state index contributed by atoms with van der Waals surface area (Å²) < 4.78 is 27.8. The van der Waals surface area contributed by atoms with Crippen molar-refractivity contribution in [1.29, 1.82) is 0 Å². The molecule has 3 unspecified atom stereocenters. The van der Waals surface area contributed by atoms with Crippen LogP contribution in [0, 0.1) is 18.8 Å². The van der Waals surface area contributed by atoms with E-state index in [1.807, 2.05) is 19.1 Å². The van der Waals surface area contributed by atoms with Crippen LogP contribution in [0.15, 0.2) is 28.6 Å². The standard InChI is InChI=1S/C17H20N4O3S2/c1-10-4-2-3-5-13(10)15(22)18-16-19-20-17(25-16)26(23,24)21-14-9-11-6-7-12(14)8-11/h2-5,11-12,14,21H,6-9H2,1H3,(H,18,19,22). The molecule has 2 aliphatic carbocycles. The topological polar surface area (TPSA) is 101 Å². The number of hydrogen-bond acceptors (Lipinski definition) is 6. The highest BCUT2D eigenvalue weighted by Crippen LogP contribution is 2.44. The Labute approximate surface area is 156 Å². The van der Waals surface area contributed by atoms with Gasteiger partial charge >= 0.3 is 0 Å². The van der Waals surface area contributed by atoms with Crippen molar-refractivity contribution in [1.82, 2.24) is 14.9 Å². The molecule has 4 rings (SSSR count). The smallest absolute Gasteiger partial charge is 0.270 e. The van der Waals surface area contributed by atoms with Crippen molar-refractivity contribution in [3.05, 3.63) is 35.4 Å². The first kappa shape index (κ1) is 17.6. The number of rotatable bonds is 5. The van der Waals surface area contributed by atoms with Crippen LogP contribution < -0.4 is 10.0 Å². The highest BCUT2D eigenvalue weighted by molar-refractivity contribution is 7.91. The van der Waals surface area contributed by atoms with Gasteiger partial charge in [0.2, 0.25) is 9.47 Å². The Kier molecular flexibility index (Phi) is 4.54. The second-order valence-electron chi connectivity index (χ2n) is 7.04. The number of nitrogens with zero attached hydrogens (tertiary/aromatic N) is 2. The molecule has 2 fully saturated rings. The average molecular weight is 393 g/mol. The lowest BCUT2D eigenvalue weighted by molar-refractivity contribution is 0.102. The minimum absolute atomic E-state index is 0.00680. The first-order chi connectivity index (χ1) is 12.4. The number of amides is 1. The Morgan fingerprint density at radius 1 is 1.19 bits per heavy atom. The number of sulfonamides is 1. The molecule has 26 heavy (non-hydrogen) atoms. The molecule has 7 nitrogen and oxygen atoms in total. The van der Waals surface area contributed by atoms with E-state index in [-0.39, 0.29) is 21.4 Å². The molecule has 1 heterocycles. The van der Waals surface area contributed by atoms with E-state index < -0.39 is 10.0 Å². The van der Waals surface area contributed by atoms with Gasteiger partial charge in [-0.1, -0.05) is 36.0 Å². The highest BCUT2D eigenvalue weighted by Gasteiger charge is 2.41. The molecule has 2 bridgehead atoms. The molecule has 3 atom stereocenters. The van der Waals surface area contributed by atoms with Crippen LogP contribution in [-0.2, 0) is 10.0 Å². The lowest BCUT2D eigenvalue weighted by Gasteiger charge is -2.21. The fourth-order valence-electron chi connectivity index (χ4n) is 4.00. The van der Waals surface area contributed by atoms with Crippen LogP contribution in [0.25, 0.3) is 0 Å². The summed E-state index contributed by atoms with van der Waals surface area (Å²) in [5.74, 6) is 0.748. The van der Waals surface area contributed by atoms with Crippen LogP contribution in [0.1, 0.15) is 41.6 Å². The van der Waals surface area contributed by atoms with Crippen molar-refractivity contribution in [2.24, 2.45) is 11.8 Å². The van der Waals surface area contributed by atoms with E-state index in [0.29, 0.717) is 17.4 Å². The van der Waals surface area contributed by atoms with Gasteiger partial charge in [-0.2, -0.15) is 0 Å². The van der Waals surface area contributed by atoms with E-state index in [1.54, 1.807) is 12.1 Å². The van der Waals surface area contributed by atoms with E-state index in [4.69, 9.17) is 0 Å². The molecule has 2 aliphatic rings. The third-order valence-corrected chi connectivity index (χ3v) is 7.99. The molecule has 1 aromatic heterocycles. The van der Waals surface area contributed by atoms with Crippen molar-refractivity contribution in [2.75, 3.05) is 5.32 Å². The first-order valence-electron chi connectivity index (χ1n) is 8.65. The summed E-state index contributed by atoms with van der Waals surface area (Å²) in [4.78, 5) is 12.3. The Morgan fingerprint density at radius 2 is 2.00 bits per heavy atom. The number of fused-ring (bicyclic) bond motifs is 2. The molecule has 0 radical (unpaired) electrons. The zero-order chi connectivity index (χ0) is 18.3. The highest BCUT2D eigenvalue weighted by atomic mass is 32.2. The number of benzene rings is 1. The number of carbonyl (C=O) groups excluding carboxylic acids is 1. The first-order valence-corrected chi connectivity index (χ1v) is 10.9. The van der Waals surface area contributed by atoms with E-state index in [2.05, 4.69) is 20.2 Å². The lowest BCUT2D eigenvalue weighted by atomic mass is 9.96. The normalized spacial score (nSPS) is 24.7. The summed E-state index contributed by atoms with van der Waals surface area (Å²) in [6.07, 6.45) is 4.31. The number of anilines is 1. The van der Waals surface area contributed by atoms with E-state index >= 15 is 0 Å². The van der Waals surface area contributed by atoms with Gasteiger partial charge < -0.3 is 0 Å². The molecular weight excluding hydrogens is 372 g/mol. The van der Waals surface area contributed by atoms with Gasteiger partial charge in [-0.25, -0.2) is 13.1 Å². The predicted molar refractivity (Wildman–Crippen MR) is 98.6 cm³/mol. The van der Waals surface area contributed by atoms with Crippen LogP contribution >= 0.6 is 11.3 Å². The number of hydrogen-bond donors (Lipinski definition) is 2. The third kappa shape index (κ3) is 3.38. The molecule has 2 N–H and O–H groups in total. The third-order valence-electron chi connectivity index (χ3n) is 5.29. The minimum atomic E-state index is -3.71. The quantitative estimate of drug-likeness (QED) is 0.762. The van der Waals surface area contributed by atoms with E-state index in [1.165, 1.54) is 6.42 Å². The summed E-state index contributed by atoms with van der Waals surface area (Å²) in [5.41, 5.74) is 1.35. The van der Waals surface area contributed by atoms with E-state index in [0.717, 1.165) is 36.2 Å². The van der Waals surface area contributed by atoms with Gasteiger partial charge in [-0.15, -0.1) is 10.2 Å². The largest absolute Gasteiger partial charge is 0.296 e. The molecule has 1 amide bonds. The van der Waals surface area contributed by atoms with Gasteiger partial charge in [0, 0.05) is 11.6 Å². The van der Waals surface area contributed by atoms with E-state index in [9.17, 15) is 13.2 Å². The Bertz CT molecular complexity index is 941. The molecule has 9 heteroatoms. The van der Waals surface area contributed by atoms with Crippen molar-refractivity contribution in [3.8, 4) is 0 Å². The zero-order valence-corrected chi connectivity index (χ0v) is 15.9. The summed E-state index contributed by atoms with van der Waals surface area (Å²) in [7, 11) is -3.71. The minimum Gasteiger partial charge on any atom is -0.296 e. The van der Waals surface area contributed by atoms with Crippen molar-refractivity contribution >= 4 is 32.4 Å². The average Bonchev–Trinajstić information content (AvgIpc) is 3.31. The van der Waals surface area contributed by atoms with Crippen molar-refractivity contribution in [2.45, 2.75) is 43.0 Å². The van der Waals surface area contributed by atoms with Gasteiger partial charge in [0.25, 0.3) is 15.9 Å². The van der Waals surface area contributed by atoms with Gasteiger partial charge in [0.1, 0.15) is 0 Å². The Hall–Kier alpha value is -1.84. The van der Waals surface area contributed by atoms with Crippen LogP contribution in [0.3, 0.4) is 0 Å². The van der Waals surface area contributed by atoms with Crippen molar-refractivity contribution < 1.29 is 13.2 Å². The fourth-order valence-corrected chi connectivity index (χ4v) is 6.23. The predicted octanol–water partition coefficient (Wildman–Crippen LogP) is 2.57. The Balaban J connectivity index is 1.45. The maximum absolute atomic E-state index is 12.6. The number of nitrogens with one attached hydrogen (secondary N) is 2. The molecule has 2 saturated carbocycles. The second kappa shape index (κ2) is 6.71. The molecule has 0 spiro atoms. The summed E-state index contributed by atoms with van der Waals surface area (Å²) in [5, 5.41) is 10.4. The van der Waals surface area contributed by atoms with Crippen LogP contribution in [0.5, 0.6) is 0 Å². The number of aryl methyl sites for hydroxylation is 1. The van der Waals surface area contributed by atoms with Gasteiger partial charge in [-0.05, 0) is 49.7 Å².